The highest BCUT2D eigenvalue weighted by atomic mass is 32.2. The second-order valence-corrected chi connectivity index (χ2v) is 8.93. The van der Waals surface area contributed by atoms with Crippen molar-refractivity contribution in [2.75, 3.05) is 31.6 Å². The Bertz CT molecular complexity index is 848. The fourth-order valence-electron chi connectivity index (χ4n) is 3.09. The molecular weight excluding hydrogens is 352 g/mol. The summed E-state index contributed by atoms with van der Waals surface area (Å²) >= 11 is 0. The van der Waals surface area contributed by atoms with E-state index in [1.165, 1.54) is 0 Å². The monoisotopic (exact) mass is 376 g/mol. The first kappa shape index (κ1) is 18.6. The highest BCUT2D eigenvalue weighted by molar-refractivity contribution is 7.91. The van der Waals surface area contributed by atoms with Gasteiger partial charge in [0.05, 0.1) is 29.9 Å². The maximum atomic E-state index is 12.1. The Hall–Kier alpha value is -2.19. The van der Waals surface area contributed by atoms with Gasteiger partial charge in [-0.25, -0.2) is 13.1 Å². The van der Waals surface area contributed by atoms with Gasteiger partial charge in [-0.1, -0.05) is 18.2 Å². The molecule has 1 aliphatic rings. The van der Waals surface area contributed by atoms with Crippen molar-refractivity contribution in [2.24, 2.45) is 0 Å². The second-order valence-electron chi connectivity index (χ2n) is 6.70. The van der Waals surface area contributed by atoms with Gasteiger partial charge in [0.1, 0.15) is 0 Å². The van der Waals surface area contributed by atoms with Crippen LogP contribution in [0.2, 0.25) is 0 Å². The SMILES string of the molecule is CN(CC(=O)NCCc1cnn(-c2ccccc2)c1)[C@H]1CCS(=O)(=O)C1. The third-order valence-electron chi connectivity index (χ3n) is 4.62. The molecule has 2 heterocycles. The number of para-hydroxylation sites is 1. The van der Waals surface area contributed by atoms with Gasteiger partial charge >= 0.3 is 0 Å². The molecule has 1 saturated heterocycles. The predicted molar refractivity (Wildman–Crippen MR) is 100.0 cm³/mol. The van der Waals surface area contributed by atoms with E-state index in [0.717, 1.165) is 11.3 Å². The van der Waals surface area contributed by atoms with Crippen LogP contribution in [0.15, 0.2) is 42.7 Å². The summed E-state index contributed by atoms with van der Waals surface area (Å²) < 4.78 is 24.9. The molecule has 0 aliphatic carbocycles. The fourth-order valence-corrected chi connectivity index (χ4v) is 4.90. The number of nitrogens with one attached hydrogen (secondary N) is 1. The van der Waals surface area contributed by atoms with Crippen LogP contribution in [0, 0.1) is 0 Å². The third kappa shape index (κ3) is 4.92. The van der Waals surface area contributed by atoms with Crippen LogP contribution in [0.3, 0.4) is 0 Å². The molecule has 3 rings (SSSR count). The van der Waals surface area contributed by atoms with E-state index in [4.69, 9.17) is 0 Å². The fraction of sp³-hybridized carbons (Fsp3) is 0.444. The van der Waals surface area contributed by atoms with E-state index in [-0.39, 0.29) is 30.0 Å². The third-order valence-corrected chi connectivity index (χ3v) is 6.37. The van der Waals surface area contributed by atoms with Crippen molar-refractivity contribution in [1.29, 1.82) is 0 Å². The lowest BCUT2D eigenvalue weighted by Crippen LogP contribution is -2.41. The van der Waals surface area contributed by atoms with Crippen molar-refractivity contribution in [3.05, 3.63) is 48.3 Å². The highest BCUT2D eigenvalue weighted by Gasteiger charge is 2.31. The van der Waals surface area contributed by atoms with Gasteiger partial charge in [0.25, 0.3) is 0 Å². The van der Waals surface area contributed by atoms with Crippen molar-refractivity contribution < 1.29 is 13.2 Å². The number of nitrogens with zero attached hydrogens (tertiary/aromatic N) is 3. The number of carbonyl (C=O) groups is 1. The molecule has 1 atom stereocenters. The minimum absolute atomic E-state index is 0.0603. The van der Waals surface area contributed by atoms with E-state index in [1.807, 2.05) is 46.1 Å². The molecule has 1 N–H and O–H groups in total. The highest BCUT2D eigenvalue weighted by Crippen LogP contribution is 2.16. The molecule has 1 amide bonds. The van der Waals surface area contributed by atoms with Gasteiger partial charge < -0.3 is 5.32 Å². The zero-order chi connectivity index (χ0) is 18.6. The minimum Gasteiger partial charge on any atom is -0.355 e. The lowest BCUT2D eigenvalue weighted by atomic mass is 10.2. The molecular formula is C18H24N4O3S. The summed E-state index contributed by atoms with van der Waals surface area (Å²) in [6, 6.07) is 9.79. The smallest absolute Gasteiger partial charge is 0.234 e. The second kappa shape index (κ2) is 8.01. The van der Waals surface area contributed by atoms with E-state index in [9.17, 15) is 13.2 Å². The van der Waals surface area contributed by atoms with Crippen LogP contribution < -0.4 is 5.32 Å². The van der Waals surface area contributed by atoms with Crippen LogP contribution in [0.5, 0.6) is 0 Å². The number of amides is 1. The summed E-state index contributed by atoms with van der Waals surface area (Å²) in [7, 11) is -1.13. The molecule has 0 spiro atoms. The molecule has 0 radical (unpaired) electrons. The number of carbonyl (C=O) groups excluding carboxylic acids is 1. The van der Waals surface area contributed by atoms with Crippen LogP contribution in [-0.2, 0) is 21.1 Å². The number of likely N-dealkylation sites (N-methyl/N-ethyl adjacent to an activating group) is 1. The van der Waals surface area contributed by atoms with Crippen molar-refractivity contribution in [3.8, 4) is 5.69 Å². The average Bonchev–Trinajstić information content (AvgIpc) is 3.22. The van der Waals surface area contributed by atoms with Crippen molar-refractivity contribution in [1.82, 2.24) is 20.0 Å². The summed E-state index contributed by atoms with van der Waals surface area (Å²) in [6.07, 6.45) is 5.05. The molecule has 26 heavy (non-hydrogen) atoms. The van der Waals surface area contributed by atoms with E-state index < -0.39 is 9.84 Å². The molecule has 2 aromatic rings. The number of hydrogen-bond acceptors (Lipinski definition) is 5. The Morgan fingerprint density at radius 3 is 2.81 bits per heavy atom. The summed E-state index contributed by atoms with van der Waals surface area (Å²) in [5, 5.41) is 7.23. The van der Waals surface area contributed by atoms with E-state index in [1.54, 1.807) is 13.2 Å². The lowest BCUT2D eigenvalue weighted by Gasteiger charge is -2.22. The van der Waals surface area contributed by atoms with Crippen LogP contribution in [0.1, 0.15) is 12.0 Å². The van der Waals surface area contributed by atoms with Gasteiger partial charge in [-0.2, -0.15) is 5.10 Å². The molecule has 1 fully saturated rings. The summed E-state index contributed by atoms with van der Waals surface area (Å²) in [5.74, 6) is 0.275. The summed E-state index contributed by atoms with van der Waals surface area (Å²) in [4.78, 5) is 13.9. The molecule has 1 aliphatic heterocycles. The standard InChI is InChI=1S/C18H24N4O3S/c1-21(17-8-10-26(24,25)14-17)13-18(23)19-9-7-15-11-20-22(12-15)16-5-3-2-4-6-16/h2-6,11-12,17H,7-10,13-14H2,1H3,(H,19,23)/t17-/m0/s1. The lowest BCUT2D eigenvalue weighted by molar-refractivity contribution is -0.122. The Morgan fingerprint density at radius 1 is 1.35 bits per heavy atom. The molecule has 0 bridgehead atoms. The number of rotatable bonds is 7. The Labute approximate surface area is 153 Å². The van der Waals surface area contributed by atoms with E-state index >= 15 is 0 Å². The normalized spacial score (nSPS) is 18.9. The Balaban J connectivity index is 1.42. The predicted octanol–water partition coefficient (Wildman–Crippen LogP) is 0.650. The van der Waals surface area contributed by atoms with Crippen LogP contribution >= 0.6 is 0 Å². The van der Waals surface area contributed by atoms with Gasteiger partial charge in [-0.15, -0.1) is 0 Å². The first-order valence-electron chi connectivity index (χ1n) is 8.69. The van der Waals surface area contributed by atoms with E-state index in [0.29, 0.717) is 19.4 Å². The number of sulfone groups is 1. The summed E-state index contributed by atoms with van der Waals surface area (Å²) in [5.41, 5.74) is 2.04. The topological polar surface area (TPSA) is 84.3 Å². The molecule has 1 aromatic carbocycles. The zero-order valence-electron chi connectivity index (χ0n) is 14.8. The first-order chi connectivity index (χ1) is 12.4. The van der Waals surface area contributed by atoms with Gasteiger partial charge in [-0.05, 0) is 37.6 Å². The molecule has 1 aromatic heterocycles. The number of benzene rings is 1. The maximum Gasteiger partial charge on any atom is 0.234 e. The van der Waals surface area contributed by atoms with Gasteiger partial charge in [0.2, 0.25) is 5.91 Å². The Morgan fingerprint density at radius 2 is 2.12 bits per heavy atom. The number of aromatic nitrogens is 2. The Kier molecular flexibility index (Phi) is 5.73. The van der Waals surface area contributed by atoms with Crippen LogP contribution in [0.4, 0.5) is 0 Å². The van der Waals surface area contributed by atoms with Gasteiger partial charge in [0.15, 0.2) is 9.84 Å². The zero-order valence-corrected chi connectivity index (χ0v) is 15.7. The van der Waals surface area contributed by atoms with Gasteiger partial charge in [-0.3, -0.25) is 9.69 Å². The summed E-state index contributed by atoms with van der Waals surface area (Å²) in [6.45, 7) is 0.736. The quantitative estimate of drug-likeness (QED) is 0.767. The van der Waals surface area contributed by atoms with Crippen molar-refractivity contribution in [3.63, 3.8) is 0 Å². The number of hydrogen-bond donors (Lipinski definition) is 1. The van der Waals surface area contributed by atoms with Crippen molar-refractivity contribution >= 4 is 15.7 Å². The molecule has 140 valence electrons. The minimum atomic E-state index is -2.93. The van der Waals surface area contributed by atoms with Crippen LogP contribution in [0.25, 0.3) is 5.69 Å². The molecule has 8 heteroatoms. The first-order valence-corrected chi connectivity index (χ1v) is 10.5. The van der Waals surface area contributed by atoms with Crippen molar-refractivity contribution in [2.45, 2.75) is 18.9 Å². The van der Waals surface area contributed by atoms with Crippen LogP contribution in [-0.4, -0.2) is 66.7 Å². The van der Waals surface area contributed by atoms with E-state index in [2.05, 4.69) is 10.4 Å². The largest absolute Gasteiger partial charge is 0.355 e. The molecule has 0 unspecified atom stereocenters. The molecule has 0 saturated carbocycles. The molecule has 7 nitrogen and oxygen atoms in total. The average molecular weight is 376 g/mol. The maximum absolute atomic E-state index is 12.1. The van der Waals surface area contributed by atoms with Gasteiger partial charge in [0, 0.05) is 18.8 Å².